The zero-order valence-electron chi connectivity index (χ0n) is 14.1. The fourth-order valence-electron chi connectivity index (χ4n) is 1.75. The highest BCUT2D eigenvalue weighted by Crippen LogP contribution is 2.31. The number of ether oxygens (including phenoxy) is 2. The topological polar surface area (TPSA) is 35.5 Å². The zero-order valence-corrected chi connectivity index (χ0v) is 14.1. The third-order valence-corrected chi connectivity index (χ3v) is 4.06. The lowest BCUT2D eigenvalue weighted by molar-refractivity contribution is -0.171. The van der Waals surface area contributed by atoms with Gasteiger partial charge in [-0.1, -0.05) is 45.9 Å². The summed E-state index contributed by atoms with van der Waals surface area (Å²) in [7, 11) is 0. The molecule has 1 aromatic carbocycles. The van der Waals surface area contributed by atoms with Crippen molar-refractivity contribution in [3.05, 3.63) is 30.3 Å². The number of rotatable bonds is 7. The standard InChI is InChI=1S/C18H28O3/c1-7-17(3,4)15(16(19)21-18(5,6)8-2)20-14-12-10-9-11-13-14/h9-13,15H,7-8H2,1-6H3. The van der Waals surface area contributed by atoms with Gasteiger partial charge in [0, 0.05) is 5.41 Å². The number of hydrogen-bond donors (Lipinski definition) is 0. The van der Waals surface area contributed by atoms with Gasteiger partial charge in [0.1, 0.15) is 11.4 Å². The lowest BCUT2D eigenvalue weighted by Crippen LogP contribution is -2.45. The Bertz CT molecular complexity index is 449. The predicted molar refractivity (Wildman–Crippen MR) is 85.4 cm³/mol. The molecule has 0 aromatic heterocycles. The molecule has 0 aliphatic rings. The summed E-state index contributed by atoms with van der Waals surface area (Å²) >= 11 is 0. The smallest absolute Gasteiger partial charge is 0.348 e. The third kappa shape index (κ3) is 5.07. The van der Waals surface area contributed by atoms with Crippen LogP contribution in [0.2, 0.25) is 0 Å². The lowest BCUT2D eigenvalue weighted by Gasteiger charge is -2.34. The highest BCUT2D eigenvalue weighted by molar-refractivity contribution is 5.76. The number of benzene rings is 1. The van der Waals surface area contributed by atoms with Gasteiger partial charge in [-0.05, 0) is 38.8 Å². The zero-order chi connectivity index (χ0) is 16.1. The second-order valence-electron chi connectivity index (χ2n) is 6.69. The summed E-state index contributed by atoms with van der Waals surface area (Å²) in [5.41, 5.74) is -0.768. The Morgan fingerprint density at radius 2 is 1.62 bits per heavy atom. The van der Waals surface area contributed by atoms with E-state index in [1.807, 2.05) is 65.0 Å². The summed E-state index contributed by atoms with van der Waals surface area (Å²) in [4.78, 5) is 12.6. The van der Waals surface area contributed by atoms with Gasteiger partial charge in [-0.15, -0.1) is 0 Å². The first-order valence-corrected chi connectivity index (χ1v) is 7.66. The molecule has 0 fully saturated rings. The van der Waals surface area contributed by atoms with Crippen LogP contribution in [0.25, 0.3) is 0 Å². The molecule has 0 saturated carbocycles. The van der Waals surface area contributed by atoms with Crippen molar-refractivity contribution in [3.8, 4) is 5.75 Å². The highest BCUT2D eigenvalue weighted by Gasteiger charge is 2.39. The summed E-state index contributed by atoms with van der Waals surface area (Å²) in [6.07, 6.45) is 0.978. The van der Waals surface area contributed by atoms with Gasteiger partial charge >= 0.3 is 5.97 Å². The highest BCUT2D eigenvalue weighted by atomic mass is 16.6. The fraction of sp³-hybridized carbons (Fsp3) is 0.611. The summed E-state index contributed by atoms with van der Waals surface area (Å²) in [5.74, 6) is 0.396. The molecule has 118 valence electrons. The van der Waals surface area contributed by atoms with Crippen LogP contribution in [0.3, 0.4) is 0 Å². The van der Waals surface area contributed by atoms with E-state index in [0.29, 0.717) is 5.75 Å². The van der Waals surface area contributed by atoms with Gasteiger partial charge in [0.15, 0.2) is 0 Å². The van der Waals surface area contributed by atoms with Crippen molar-refractivity contribution in [1.29, 1.82) is 0 Å². The minimum atomic E-state index is -0.615. The molecule has 3 heteroatoms. The van der Waals surface area contributed by atoms with Crippen molar-refractivity contribution >= 4 is 5.97 Å². The van der Waals surface area contributed by atoms with E-state index in [1.165, 1.54) is 0 Å². The summed E-state index contributed by atoms with van der Waals surface area (Å²) in [5, 5.41) is 0. The van der Waals surface area contributed by atoms with E-state index in [0.717, 1.165) is 12.8 Å². The Morgan fingerprint density at radius 3 is 2.10 bits per heavy atom. The van der Waals surface area contributed by atoms with Gasteiger partial charge < -0.3 is 9.47 Å². The van der Waals surface area contributed by atoms with Crippen molar-refractivity contribution < 1.29 is 14.3 Å². The third-order valence-electron chi connectivity index (χ3n) is 4.06. The van der Waals surface area contributed by atoms with Crippen molar-refractivity contribution in [2.75, 3.05) is 0 Å². The van der Waals surface area contributed by atoms with Gasteiger partial charge in [0.25, 0.3) is 0 Å². The average Bonchev–Trinajstić information content (AvgIpc) is 2.45. The quantitative estimate of drug-likeness (QED) is 0.689. The first kappa shape index (κ1) is 17.5. The fourth-order valence-corrected chi connectivity index (χ4v) is 1.75. The van der Waals surface area contributed by atoms with Crippen molar-refractivity contribution in [2.24, 2.45) is 5.41 Å². The second-order valence-corrected chi connectivity index (χ2v) is 6.69. The molecule has 1 atom stereocenters. The van der Waals surface area contributed by atoms with E-state index in [4.69, 9.17) is 9.47 Å². The monoisotopic (exact) mass is 292 g/mol. The van der Waals surface area contributed by atoms with Crippen molar-refractivity contribution in [3.63, 3.8) is 0 Å². The van der Waals surface area contributed by atoms with Gasteiger partial charge in [-0.25, -0.2) is 4.79 Å². The lowest BCUT2D eigenvalue weighted by atomic mass is 9.83. The Balaban J connectivity index is 2.95. The second kappa shape index (κ2) is 6.97. The first-order valence-electron chi connectivity index (χ1n) is 7.66. The molecule has 0 aliphatic carbocycles. The van der Waals surface area contributed by atoms with Gasteiger partial charge in [0.05, 0.1) is 0 Å². The number of esters is 1. The molecule has 1 unspecified atom stereocenters. The van der Waals surface area contributed by atoms with Crippen molar-refractivity contribution in [1.82, 2.24) is 0 Å². The predicted octanol–water partition coefficient (Wildman–Crippen LogP) is 4.60. The van der Waals surface area contributed by atoms with Crippen LogP contribution < -0.4 is 4.74 Å². The number of carbonyl (C=O) groups excluding carboxylic acids is 1. The molecular weight excluding hydrogens is 264 g/mol. The summed E-state index contributed by atoms with van der Waals surface area (Å²) < 4.78 is 11.6. The van der Waals surface area contributed by atoms with Crippen LogP contribution in [-0.2, 0) is 9.53 Å². The van der Waals surface area contributed by atoms with E-state index >= 15 is 0 Å². The Morgan fingerprint density at radius 1 is 1.05 bits per heavy atom. The number of hydrogen-bond acceptors (Lipinski definition) is 3. The minimum Gasteiger partial charge on any atom is -0.478 e. The first-order chi connectivity index (χ1) is 9.72. The molecule has 0 amide bonds. The van der Waals surface area contributed by atoms with E-state index in [-0.39, 0.29) is 11.4 Å². The molecule has 1 aromatic rings. The largest absolute Gasteiger partial charge is 0.478 e. The molecule has 0 aliphatic heterocycles. The molecule has 1 rings (SSSR count). The van der Waals surface area contributed by atoms with Gasteiger partial charge in [-0.3, -0.25) is 0 Å². The maximum absolute atomic E-state index is 12.6. The number of para-hydroxylation sites is 1. The van der Waals surface area contributed by atoms with E-state index in [1.54, 1.807) is 0 Å². The molecule has 3 nitrogen and oxygen atoms in total. The van der Waals surface area contributed by atoms with Crippen LogP contribution in [-0.4, -0.2) is 17.7 Å². The summed E-state index contributed by atoms with van der Waals surface area (Å²) in [6, 6.07) is 9.43. The van der Waals surface area contributed by atoms with E-state index in [2.05, 4.69) is 6.92 Å². The Labute approximate surface area is 128 Å². The number of carbonyl (C=O) groups is 1. The van der Waals surface area contributed by atoms with Gasteiger partial charge in [0.2, 0.25) is 6.10 Å². The molecule has 0 N–H and O–H groups in total. The Hall–Kier alpha value is -1.51. The molecule has 0 spiro atoms. The van der Waals surface area contributed by atoms with Crippen LogP contribution in [0.15, 0.2) is 30.3 Å². The average molecular weight is 292 g/mol. The van der Waals surface area contributed by atoms with Crippen LogP contribution in [0.5, 0.6) is 5.75 Å². The Kier molecular flexibility index (Phi) is 5.82. The van der Waals surface area contributed by atoms with Crippen LogP contribution in [0.4, 0.5) is 0 Å². The molecule has 0 radical (unpaired) electrons. The van der Waals surface area contributed by atoms with Crippen LogP contribution in [0.1, 0.15) is 54.4 Å². The SMILES string of the molecule is CCC(C)(C)OC(=O)C(Oc1ccccc1)C(C)(C)CC. The summed E-state index contributed by atoms with van der Waals surface area (Å²) in [6.45, 7) is 12.0. The molecule has 0 heterocycles. The molecule has 0 saturated heterocycles. The van der Waals surface area contributed by atoms with Crippen LogP contribution >= 0.6 is 0 Å². The molecule has 21 heavy (non-hydrogen) atoms. The maximum atomic E-state index is 12.6. The van der Waals surface area contributed by atoms with Crippen LogP contribution in [0, 0.1) is 5.41 Å². The van der Waals surface area contributed by atoms with E-state index < -0.39 is 11.7 Å². The minimum absolute atomic E-state index is 0.294. The molecular formula is C18H28O3. The molecule has 0 bridgehead atoms. The van der Waals surface area contributed by atoms with Gasteiger partial charge in [-0.2, -0.15) is 0 Å². The van der Waals surface area contributed by atoms with Crippen molar-refractivity contribution in [2.45, 2.75) is 66.1 Å². The normalized spacial score (nSPS) is 13.6. The maximum Gasteiger partial charge on any atom is 0.348 e. The van der Waals surface area contributed by atoms with E-state index in [9.17, 15) is 4.79 Å².